The van der Waals surface area contributed by atoms with Gasteiger partial charge in [-0.1, -0.05) is 6.42 Å². The van der Waals surface area contributed by atoms with E-state index in [-0.39, 0.29) is 24.1 Å². The zero-order valence-corrected chi connectivity index (χ0v) is 8.79. The fraction of sp³-hybridized carbons (Fsp3) is 0.455. The van der Waals surface area contributed by atoms with Crippen LogP contribution in [0.1, 0.15) is 35.3 Å². The summed E-state index contributed by atoms with van der Waals surface area (Å²) in [5.41, 5.74) is -2.78. The highest BCUT2D eigenvalue weighted by atomic mass is 19.4. The number of carbonyl (C=O) groups is 1. The highest BCUT2D eigenvalue weighted by Crippen LogP contribution is 2.54. The van der Waals surface area contributed by atoms with Gasteiger partial charge in [-0.3, -0.25) is 4.98 Å². The van der Waals surface area contributed by atoms with Crippen LogP contribution >= 0.6 is 0 Å². The van der Waals surface area contributed by atoms with Crippen molar-refractivity contribution in [2.75, 3.05) is 0 Å². The molecule has 17 heavy (non-hydrogen) atoms. The summed E-state index contributed by atoms with van der Waals surface area (Å²) in [6.45, 7) is 0. The fourth-order valence-corrected chi connectivity index (χ4v) is 2.14. The molecule has 1 N–H and O–H groups in total. The van der Waals surface area contributed by atoms with Gasteiger partial charge in [0.15, 0.2) is 0 Å². The maximum absolute atomic E-state index is 13.1. The number of carboxylic acid groups (broad SMARTS) is 1. The Morgan fingerprint density at radius 1 is 1.41 bits per heavy atom. The lowest BCUT2D eigenvalue weighted by molar-refractivity contribution is -0.214. The Morgan fingerprint density at radius 2 is 2.06 bits per heavy atom. The van der Waals surface area contributed by atoms with Gasteiger partial charge < -0.3 is 5.11 Å². The number of carboxylic acids is 1. The Morgan fingerprint density at radius 3 is 2.47 bits per heavy atom. The van der Waals surface area contributed by atoms with E-state index in [4.69, 9.17) is 5.11 Å². The molecule has 1 fully saturated rings. The van der Waals surface area contributed by atoms with E-state index in [1.165, 1.54) is 12.3 Å². The predicted octanol–water partition coefficient (Wildman–Crippen LogP) is 2.76. The third-order valence-corrected chi connectivity index (χ3v) is 3.24. The molecule has 1 saturated carbocycles. The summed E-state index contributed by atoms with van der Waals surface area (Å²) in [5.74, 6) is -1.37. The largest absolute Gasteiger partial charge is 0.478 e. The minimum Gasteiger partial charge on any atom is -0.478 e. The van der Waals surface area contributed by atoms with Gasteiger partial charge in [-0.05, 0) is 25.0 Å². The van der Waals surface area contributed by atoms with Crippen molar-refractivity contribution in [3.8, 4) is 0 Å². The van der Waals surface area contributed by atoms with Crippen molar-refractivity contribution in [3.63, 3.8) is 0 Å². The summed E-state index contributed by atoms with van der Waals surface area (Å²) >= 11 is 0. The van der Waals surface area contributed by atoms with E-state index in [1.54, 1.807) is 0 Å². The Balaban J connectivity index is 2.56. The molecule has 0 amide bonds. The molecule has 0 spiro atoms. The number of alkyl halides is 3. The molecule has 92 valence electrons. The van der Waals surface area contributed by atoms with Crippen LogP contribution in [0.5, 0.6) is 0 Å². The molecule has 2 rings (SSSR count). The third-order valence-electron chi connectivity index (χ3n) is 3.24. The van der Waals surface area contributed by atoms with Crippen LogP contribution < -0.4 is 0 Å². The predicted molar refractivity (Wildman–Crippen MR) is 52.8 cm³/mol. The average Bonchev–Trinajstić information content (AvgIpc) is 2.14. The number of hydrogen-bond donors (Lipinski definition) is 1. The maximum Gasteiger partial charge on any atom is 0.399 e. The number of rotatable bonds is 2. The van der Waals surface area contributed by atoms with Crippen molar-refractivity contribution in [1.29, 1.82) is 0 Å². The van der Waals surface area contributed by atoms with Gasteiger partial charge in [0.05, 0.1) is 11.3 Å². The molecule has 0 radical (unpaired) electrons. The average molecular weight is 245 g/mol. The second-order valence-electron chi connectivity index (χ2n) is 4.14. The Kier molecular flexibility index (Phi) is 2.60. The fourth-order valence-electron chi connectivity index (χ4n) is 2.14. The van der Waals surface area contributed by atoms with Gasteiger partial charge in [0.1, 0.15) is 5.41 Å². The second kappa shape index (κ2) is 3.72. The van der Waals surface area contributed by atoms with E-state index >= 15 is 0 Å². The van der Waals surface area contributed by atoms with Crippen molar-refractivity contribution >= 4 is 5.97 Å². The molecule has 0 unspecified atom stereocenters. The van der Waals surface area contributed by atoms with E-state index in [2.05, 4.69) is 4.98 Å². The number of halogens is 3. The summed E-state index contributed by atoms with van der Waals surface area (Å²) in [6, 6.07) is 2.49. The molecule has 1 heterocycles. The van der Waals surface area contributed by atoms with Gasteiger partial charge >= 0.3 is 12.1 Å². The van der Waals surface area contributed by atoms with Gasteiger partial charge in [0.25, 0.3) is 0 Å². The lowest BCUT2D eigenvalue weighted by Gasteiger charge is -2.43. The molecular formula is C11H10F3NO2. The number of nitrogens with zero attached hydrogens (tertiary/aromatic N) is 1. The summed E-state index contributed by atoms with van der Waals surface area (Å²) in [4.78, 5) is 14.6. The van der Waals surface area contributed by atoms with Crippen LogP contribution in [-0.4, -0.2) is 22.2 Å². The van der Waals surface area contributed by atoms with E-state index in [9.17, 15) is 18.0 Å². The van der Waals surface area contributed by atoms with Crippen molar-refractivity contribution in [3.05, 3.63) is 29.6 Å². The topological polar surface area (TPSA) is 50.2 Å². The first-order valence-corrected chi connectivity index (χ1v) is 5.14. The van der Waals surface area contributed by atoms with Gasteiger partial charge in [-0.25, -0.2) is 4.79 Å². The van der Waals surface area contributed by atoms with Crippen LogP contribution in [0.2, 0.25) is 0 Å². The number of pyridine rings is 1. The first-order chi connectivity index (χ1) is 7.88. The van der Waals surface area contributed by atoms with Gasteiger partial charge in [0.2, 0.25) is 0 Å². The Labute approximate surface area is 95.3 Å². The molecule has 1 aromatic rings. The molecule has 6 heteroatoms. The maximum atomic E-state index is 13.1. The van der Waals surface area contributed by atoms with Crippen LogP contribution in [0.3, 0.4) is 0 Å². The normalized spacial score (nSPS) is 18.5. The van der Waals surface area contributed by atoms with Crippen LogP contribution in [0.25, 0.3) is 0 Å². The summed E-state index contributed by atoms with van der Waals surface area (Å²) < 4.78 is 39.2. The molecule has 1 aliphatic carbocycles. The quantitative estimate of drug-likeness (QED) is 0.871. The highest BCUT2D eigenvalue weighted by Gasteiger charge is 2.61. The van der Waals surface area contributed by atoms with E-state index in [0.717, 1.165) is 6.07 Å². The molecule has 0 saturated heterocycles. The highest BCUT2D eigenvalue weighted by molar-refractivity contribution is 5.89. The van der Waals surface area contributed by atoms with E-state index in [0.29, 0.717) is 6.42 Å². The molecule has 0 atom stereocenters. The Hall–Kier alpha value is -1.59. The van der Waals surface area contributed by atoms with Crippen LogP contribution in [0, 0.1) is 0 Å². The van der Waals surface area contributed by atoms with Crippen molar-refractivity contribution in [1.82, 2.24) is 4.98 Å². The first-order valence-electron chi connectivity index (χ1n) is 5.14. The number of aromatic nitrogens is 1. The van der Waals surface area contributed by atoms with E-state index in [1.807, 2.05) is 0 Å². The molecule has 0 aliphatic heterocycles. The zero-order valence-electron chi connectivity index (χ0n) is 8.79. The molecule has 3 nitrogen and oxygen atoms in total. The molecular weight excluding hydrogens is 235 g/mol. The Bertz CT molecular complexity index is 452. The molecule has 1 aromatic heterocycles. The standard InChI is InChI=1S/C11H10F3NO2/c12-11(13,14)10(4-2-5-10)8-7(9(16)17)3-1-6-15-8/h1,3,6H,2,4-5H2,(H,16,17). The SMILES string of the molecule is O=C(O)c1cccnc1C1(C(F)(F)F)CCC1. The number of aromatic carboxylic acids is 1. The van der Waals surface area contributed by atoms with Crippen molar-refractivity contribution < 1.29 is 23.1 Å². The van der Waals surface area contributed by atoms with Crippen LogP contribution in [-0.2, 0) is 5.41 Å². The van der Waals surface area contributed by atoms with Crippen LogP contribution in [0.4, 0.5) is 13.2 Å². The van der Waals surface area contributed by atoms with Crippen LogP contribution in [0.15, 0.2) is 18.3 Å². The zero-order chi connectivity index (χ0) is 12.7. The van der Waals surface area contributed by atoms with Crippen molar-refractivity contribution in [2.24, 2.45) is 0 Å². The second-order valence-corrected chi connectivity index (χ2v) is 4.14. The third kappa shape index (κ3) is 1.67. The summed E-state index contributed by atoms with van der Waals surface area (Å²) in [6.07, 6.45) is -2.99. The smallest absolute Gasteiger partial charge is 0.399 e. The van der Waals surface area contributed by atoms with Gasteiger partial charge in [-0.2, -0.15) is 13.2 Å². The number of hydrogen-bond acceptors (Lipinski definition) is 2. The van der Waals surface area contributed by atoms with E-state index < -0.39 is 17.6 Å². The lowest BCUT2D eigenvalue weighted by atomic mass is 9.65. The molecule has 0 bridgehead atoms. The summed E-state index contributed by atoms with van der Waals surface area (Å²) in [7, 11) is 0. The molecule has 0 aromatic carbocycles. The minimum absolute atomic E-state index is 0.0895. The molecule has 1 aliphatic rings. The minimum atomic E-state index is -4.45. The lowest BCUT2D eigenvalue weighted by Crippen LogP contribution is -2.49. The first kappa shape index (κ1) is 11.9. The monoisotopic (exact) mass is 245 g/mol. The van der Waals surface area contributed by atoms with Gasteiger partial charge in [0, 0.05) is 6.20 Å². The van der Waals surface area contributed by atoms with Gasteiger partial charge in [-0.15, -0.1) is 0 Å². The summed E-state index contributed by atoms with van der Waals surface area (Å²) in [5, 5.41) is 8.91. The van der Waals surface area contributed by atoms with Crippen molar-refractivity contribution in [2.45, 2.75) is 30.9 Å².